The predicted octanol–water partition coefficient (Wildman–Crippen LogP) is 0.198. The minimum atomic E-state index is -3.68. The highest BCUT2D eigenvalue weighted by Gasteiger charge is 2.22. The van der Waals surface area contributed by atoms with Crippen LogP contribution in [0.4, 0.5) is 10.7 Å². The summed E-state index contributed by atoms with van der Waals surface area (Å²) in [4.78, 5) is 24.6. The van der Waals surface area contributed by atoms with Crippen LogP contribution in [0.5, 0.6) is 0 Å². The Morgan fingerprint density at radius 3 is 2.30 bits per heavy atom. The minimum Gasteiger partial charge on any atom is -0.338 e. The number of hydrogen-bond donors (Lipinski definition) is 2. The van der Waals surface area contributed by atoms with Crippen LogP contribution < -0.4 is 15.4 Å². The molecule has 2 heterocycles. The number of benzene rings is 1. The molecule has 1 aromatic heterocycles. The Bertz CT molecular complexity index is 865. The van der Waals surface area contributed by atoms with Crippen LogP contribution in [0.15, 0.2) is 47.6 Å². The van der Waals surface area contributed by atoms with E-state index >= 15 is 0 Å². The van der Waals surface area contributed by atoms with Gasteiger partial charge in [0.1, 0.15) is 0 Å². The molecule has 10 heteroatoms. The van der Waals surface area contributed by atoms with Crippen LogP contribution in [0.1, 0.15) is 5.56 Å². The van der Waals surface area contributed by atoms with Crippen molar-refractivity contribution < 1.29 is 13.2 Å². The smallest absolute Gasteiger partial charge is 0.317 e. The summed E-state index contributed by atoms with van der Waals surface area (Å²) in [7, 11) is -3.68. The van der Waals surface area contributed by atoms with E-state index in [-0.39, 0.29) is 10.9 Å². The van der Waals surface area contributed by atoms with Gasteiger partial charge in [0.25, 0.3) is 0 Å². The first-order valence-electron chi connectivity index (χ1n) is 8.60. The van der Waals surface area contributed by atoms with Crippen molar-refractivity contribution in [2.75, 3.05) is 37.6 Å². The van der Waals surface area contributed by atoms with E-state index in [0.29, 0.717) is 45.1 Å². The number of carbonyl (C=O) groups excluding carboxylic acids is 1. The fourth-order valence-electron chi connectivity index (χ4n) is 2.84. The van der Waals surface area contributed by atoms with Crippen LogP contribution in [0.3, 0.4) is 0 Å². The van der Waals surface area contributed by atoms with Crippen molar-refractivity contribution in [3.63, 3.8) is 0 Å². The Labute approximate surface area is 158 Å². The number of aromatic nitrogens is 2. The van der Waals surface area contributed by atoms with E-state index in [0.717, 1.165) is 5.56 Å². The lowest BCUT2D eigenvalue weighted by Crippen LogP contribution is -2.52. The van der Waals surface area contributed by atoms with Crippen molar-refractivity contribution in [1.82, 2.24) is 20.2 Å². The molecule has 0 bridgehead atoms. The fourth-order valence-corrected chi connectivity index (χ4v) is 3.35. The van der Waals surface area contributed by atoms with Crippen molar-refractivity contribution in [1.29, 1.82) is 0 Å². The first kappa shape index (κ1) is 19.1. The van der Waals surface area contributed by atoms with Crippen LogP contribution in [-0.4, -0.2) is 62.0 Å². The molecule has 2 amide bonds. The zero-order chi connectivity index (χ0) is 19.3. The van der Waals surface area contributed by atoms with E-state index in [4.69, 9.17) is 5.14 Å². The number of primary sulfonamides is 1. The van der Waals surface area contributed by atoms with E-state index in [2.05, 4.69) is 20.2 Å². The Hall–Kier alpha value is -2.72. The summed E-state index contributed by atoms with van der Waals surface area (Å²) in [5.74, 6) is 0.681. The second kappa shape index (κ2) is 8.31. The summed E-state index contributed by atoms with van der Waals surface area (Å²) in [6.45, 7) is 3.05. The van der Waals surface area contributed by atoms with Gasteiger partial charge >= 0.3 is 6.03 Å². The van der Waals surface area contributed by atoms with Crippen LogP contribution in [0.25, 0.3) is 0 Å². The number of nitrogens with two attached hydrogens (primary N) is 1. The highest BCUT2D eigenvalue weighted by molar-refractivity contribution is 7.89. The number of rotatable bonds is 5. The maximum atomic E-state index is 12.3. The van der Waals surface area contributed by atoms with Gasteiger partial charge in [-0.2, -0.15) is 0 Å². The Kier molecular flexibility index (Phi) is 5.87. The molecule has 1 aliphatic rings. The maximum Gasteiger partial charge on any atom is 0.317 e. The molecule has 0 saturated carbocycles. The van der Waals surface area contributed by atoms with Crippen molar-refractivity contribution >= 4 is 22.0 Å². The maximum absolute atomic E-state index is 12.3. The van der Waals surface area contributed by atoms with Gasteiger partial charge < -0.3 is 15.1 Å². The molecule has 9 nitrogen and oxygen atoms in total. The Balaban J connectivity index is 1.42. The summed E-state index contributed by atoms with van der Waals surface area (Å²) in [6, 6.07) is 8.00. The molecule has 0 unspecified atom stereocenters. The standard InChI is InChI=1S/C17H22N6O3S/c18-27(25,26)15-4-2-14(3-5-15)6-9-21-17(24)23-12-10-22(11-13-23)16-19-7-1-8-20-16/h1-5,7-8H,6,9-13H2,(H,21,24)(H2,18,25,26). The SMILES string of the molecule is NS(=O)(=O)c1ccc(CCNC(=O)N2CCN(c3ncccn3)CC2)cc1. The Morgan fingerprint density at radius 1 is 1.07 bits per heavy atom. The van der Waals surface area contributed by atoms with E-state index in [9.17, 15) is 13.2 Å². The monoisotopic (exact) mass is 390 g/mol. The lowest BCUT2D eigenvalue weighted by Gasteiger charge is -2.34. The summed E-state index contributed by atoms with van der Waals surface area (Å²) < 4.78 is 22.5. The molecule has 0 atom stereocenters. The van der Waals surface area contributed by atoms with Crippen LogP contribution >= 0.6 is 0 Å². The highest BCUT2D eigenvalue weighted by Crippen LogP contribution is 2.10. The van der Waals surface area contributed by atoms with Crippen LogP contribution in [0.2, 0.25) is 0 Å². The van der Waals surface area contributed by atoms with Gasteiger partial charge in [0.15, 0.2) is 0 Å². The second-order valence-corrected chi connectivity index (χ2v) is 7.76. The molecule has 0 aliphatic carbocycles. The molecule has 144 valence electrons. The molecule has 1 aromatic carbocycles. The van der Waals surface area contributed by atoms with Gasteiger partial charge in [-0.1, -0.05) is 12.1 Å². The van der Waals surface area contributed by atoms with Gasteiger partial charge in [0.05, 0.1) is 4.90 Å². The number of nitrogens with one attached hydrogen (secondary N) is 1. The molecule has 2 aromatic rings. The van der Waals surface area contributed by atoms with E-state index in [1.165, 1.54) is 12.1 Å². The highest BCUT2D eigenvalue weighted by atomic mass is 32.2. The molecular weight excluding hydrogens is 368 g/mol. The molecular formula is C17H22N6O3S. The van der Waals surface area contributed by atoms with Gasteiger partial charge in [-0.15, -0.1) is 0 Å². The normalized spacial score (nSPS) is 14.9. The van der Waals surface area contributed by atoms with E-state index in [1.54, 1.807) is 35.5 Å². The van der Waals surface area contributed by atoms with Gasteiger partial charge in [0, 0.05) is 45.1 Å². The van der Waals surface area contributed by atoms with Crippen molar-refractivity contribution in [2.24, 2.45) is 5.14 Å². The first-order chi connectivity index (χ1) is 12.9. The van der Waals surface area contributed by atoms with E-state index in [1.807, 2.05) is 0 Å². The zero-order valence-electron chi connectivity index (χ0n) is 14.8. The quantitative estimate of drug-likeness (QED) is 0.752. The zero-order valence-corrected chi connectivity index (χ0v) is 15.6. The van der Waals surface area contributed by atoms with Crippen LogP contribution in [0, 0.1) is 0 Å². The summed E-state index contributed by atoms with van der Waals surface area (Å²) >= 11 is 0. The molecule has 3 N–H and O–H groups in total. The van der Waals surface area contributed by atoms with Crippen molar-refractivity contribution in [2.45, 2.75) is 11.3 Å². The van der Waals surface area contributed by atoms with E-state index < -0.39 is 10.0 Å². The van der Waals surface area contributed by atoms with Gasteiger partial charge in [-0.3, -0.25) is 0 Å². The number of nitrogens with zero attached hydrogens (tertiary/aromatic N) is 4. The molecule has 0 spiro atoms. The first-order valence-corrected chi connectivity index (χ1v) is 10.1. The molecule has 3 rings (SSSR count). The summed E-state index contributed by atoms with van der Waals surface area (Å²) in [5.41, 5.74) is 0.925. The van der Waals surface area contributed by atoms with Gasteiger partial charge in [0.2, 0.25) is 16.0 Å². The minimum absolute atomic E-state index is 0.0792. The summed E-state index contributed by atoms with van der Waals surface area (Å²) in [5, 5.41) is 7.97. The molecule has 0 radical (unpaired) electrons. The topological polar surface area (TPSA) is 122 Å². The fraction of sp³-hybridized carbons (Fsp3) is 0.353. The summed E-state index contributed by atoms with van der Waals surface area (Å²) in [6.07, 6.45) is 4.02. The molecule has 1 fully saturated rings. The second-order valence-electron chi connectivity index (χ2n) is 6.19. The third kappa shape index (κ3) is 5.14. The largest absolute Gasteiger partial charge is 0.338 e. The van der Waals surface area contributed by atoms with Gasteiger partial charge in [-0.05, 0) is 30.2 Å². The van der Waals surface area contributed by atoms with Crippen molar-refractivity contribution in [3.05, 3.63) is 48.3 Å². The number of amides is 2. The van der Waals surface area contributed by atoms with Crippen molar-refractivity contribution in [3.8, 4) is 0 Å². The molecule has 1 saturated heterocycles. The predicted molar refractivity (Wildman–Crippen MR) is 101 cm³/mol. The number of hydrogen-bond acceptors (Lipinski definition) is 6. The average molecular weight is 390 g/mol. The average Bonchev–Trinajstić information content (AvgIpc) is 2.68. The lowest BCUT2D eigenvalue weighted by molar-refractivity contribution is 0.194. The number of urea groups is 1. The number of piperazine rings is 1. The van der Waals surface area contributed by atoms with Gasteiger partial charge in [-0.25, -0.2) is 28.3 Å². The molecule has 1 aliphatic heterocycles. The number of carbonyl (C=O) groups is 1. The third-order valence-electron chi connectivity index (χ3n) is 4.34. The number of sulfonamides is 1. The Morgan fingerprint density at radius 2 is 1.70 bits per heavy atom. The molecule has 27 heavy (non-hydrogen) atoms. The third-order valence-corrected chi connectivity index (χ3v) is 5.27. The number of anilines is 1. The van der Waals surface area contributed by atoms with Crippen LogP contribution in [-0.2, 0) is 16.4 Å². The lowest BCUT2D eigenvalue weighted by atomic mass is 10.1.